The first-order valence-corrected chi connectivity index (χ1v) is 10.6. The van der Waals surface area contributed by atoms with Gasteiger partial charge in [0.25, 0.3) is 0 Å². The van der Waals surface area contributed by atoms with Crippen LogP contribution in [-0.2, 0) is 0 Å². The molecule has 5 N–H and O–H groups in total. The van der Waals surface area contributed by atoms with Crippen molar-refractivity contribution in [3.8, 4) is 11.5 Å². The van der Waals surface area contributed by atoms with Crippen molar-refractivity contribution in [3.63, 3.8) is 0 Å². The van der Waals surface area contributed by atoms with Crippen LogP contribution in [0.15, 0.2) is 35.1 Å². The summed E-state index contributed by atoms with van der Waals surface area (Å²) in [5.41, 5.74) is 3.21. The van der Waals surface area contributed by atoms with E-state index in [1.54, 1.807) is 12.5 Å². The maximum atomic E-state index is 10.0. The van der Waals surface area contributed by atoms with Crippen molar-refractivity contribution in [3.05, 3.63) is 36.2 Å². The van der Waals surface area contributed by atoms with E-state index in [0.717, 1.165) is 49.0 Å². The van der Waals surface area contributed by atoms with Gasteiger partial charge in [0, 0.05) is 24.3 Å². The smallest absolute Gasteiger partial charge is 0.225 e. The van der Waals surface area contributed by atoms with Gasteiger partial charge in [-0.15, -0.1) is 0 Å². The average molecular weight is 420 g/mol. The SMILES string of the molecule is Cc1cc(-c2ncco2)ccc1NCCCCCCN1C[C@H](O)[C@@H](O)[C@H](O)[C@H]1CO. The molecular weight excluding hydrogens is 386 g/mol. The van der Waals surface area contributed by atoms with Crippen LogP contribution in [0.1, 0.15) is 31.2 Å². The van der Waals surface area contributed by atoms with Gasteiger partial charge in [-0.3, -0.25) is 4.90 Å². The Bertz CT molecular complexity index is 770. The maximum absolute atomic E-state index is 10.0. The zero-order valence-electron chi connectivity index (χ0n) is 17.4. The van der Waals surface area contributed by atoms with Gasteiger partial charge in [0.15, 0.2) is 0 Å². The van der Waals surface area contributed by atoms with Gasteiger partial charge < -0.3 is 30.2 Å². The number of aliphatic hydroxyl groups excluding tert-OH is 4. The number of benzene rings is 1. The Labute approximate surface area is 177 Å². The van der Waals surface area contributed by atoms with Crippen molar-refractivity contribution in [2.45, 2.75) is 57.0 Å². The molecule has 0 spiro atoms. The summed E-state index contributed by atoms with van der Waals surface area (Å²) in [6, 6.07) is 5.58. The van der Waals surface area contributed by atoms with Gasteiger partial charge in [0.2, 0.25) is 5.89 Å². The molecular formula is C22H33N3O5. The molecule has 0 unspecified atom stereocenters. The Hall–Kier alpha value is -1.97. The number of aromatic nitrogens is 1. The highest BCUT2D eigenvalue weighted by atomic mass is 16.4. The number of aliphatic hydroxyl groups is 4. The number of rotatable bonds is 10. The largest absolute Gasteiger partial charge is 0.445 e. The van der Waals surface area contributed by atoms with E-state index in [0.29, 0.717) is 12.4 Å². The Kier molecular flexibility index (Phi) is 8.24. The molecule has 0 aliphatic carbocycles. The van der Waals surface area contributed by atoms with Crippen LogP contribution in [0.3, 0.4) is 0 Å². The number of nitrogens with zero attached hydrogens (tertiary/aromatic N) is 2. The van der Waals surface area contributed by atoms with Gasteiger partial charge in [0.05, 0.1) is 24.9 Å². The summed E-state index contributed by atoms with van der Waals surface area (Å²) in [4.78, 5) is 6.05. The molecule has 4 atom stereocenters. The summed E-state index contributed by atoms with van der Waals surface area (Å²) in [6.45, 7) is 3.66. The van der Waals surface area contributed by atoms with Crippen LogP contribution in [0, 0.1) is 6.92 Å². The van der Waals surface area contributed by atoms with Crippen LogP contribution in [0.2, 0.25) is 0 Å². The number of unbranched alkanes of at least 4 members (excludes halogenated alkanes) is 3. The second-order valence-electron chi connectivity index (χ2n) is 8.00. The van der Waals surface area contributed by atoms with Gasteiger partial charge >= 0.3 is 0 Å². The molecule has 1 fully saturated rings. The number of hydrogen-bond acceptors (Lipinski definition) is 8. The van der Waals surface area contributed by atoms with Crippen LogP contribution in [0.25, 0.3) is 11.5 Å². The molecule has 8 nitrogen and oxygen atoms in total. The monoisotopic (exact) mass is 419 g/mol. The minimum absolute atomic E-state index is 0.233. The molecule has 1 aromatic carbocycles. The highest BCUT2D eigenvalue weighted by Crippen LogP contribution is 2.24. The minimum Gasteiger partial charge on any atom is -0.445 e. The Morgan fingerprint density at radius 2 is 1.93 bits per heavy atom. The summed E-state index contributed by atoms with van der Waals surface area (Å²) < 4.78 is 5.34. The highest BCUT2D eigenvalue weighted by Gasteiger charge is 2.40. The van der Waals surface area contributed by atoms with Crippen molar-refractivity contribution in [1.29, 1.82) is 0 Å². The third kappa shape index (κ3) is 5.59. The van der Waals surface area contributed by atoms with Crippen molar-refractivity contribution in [2.24, 2.45) is 0 Å². The third-order valence-corrected chi connectivity index (χ3v) is 5.81. The fraction of sp³-hybridized carbons (Fsp3) is 0.591. The number of anilines is 1. The van der Waals surface area contributed by atoms with E-state index < -0.39 is 24.4 Å². The summed E-state index contributed by atoms with van der Waals surface area (Å²) in [5.74, 6) is 0.622. The number of oxazole rings is 1. The highest BCUT2D eigenvalue weighted by molar-refractivity contribution is 5.62. The number of hydrogen-bond donors (Lipinski definition) is 5. The molecule has 3 rings (SSSR count). The molecule has 2 aromatic rings. The predicted octanol–water partition coefficient (Wildman–Crippen LogP) is 1.38. The molecule has 0 amide bonds. The van der Waals surface area contributed by atoms with Crippen molar-refractivity contribution in [2.75, 3.05) is 31.6 Å². The second kappa shape index (κ2) is 10.9. The third-order valence-electron chi connectivity index (χ3n) is 5.81. The van der Waals surface area contributed by atoms with Crippen LogP contribution in [0.4, 0.5) is 5.69 Å². The standard InChI is InChI=1S/C22H33N3O5/c1-15-12-16(22-24-9-11-30-22)6-7-17(15)23-8-4-2-3-5-10-25-13-19(27)21(29)20(28)18(25)14-26/h6-7,9,11-12,18-21,23,26-29H,2-5,8,10,13-14H2,1H3/t18-,19+,20-,21-/m1/s1. The number of aryl methyl sites for hydroxylation is 1. The lowest BCUT2D eigenvalue weighted by molar-refractivity contribution is -0.145. The first-order valence-electron chi connectivity index (χ1n) is 10.6. The van der Waals surface area contributed by atoms with E-state index in [9.17, 15) is 20.4 Å². The van der Waals surface area contributed by atoms with Crippen molar-refractivity contribution >= 4 is 5.69 Å². The van der Waals surface area contributed by atoms with E-state index >= 15 is 0 Å². The lowest BCUT2D eigenvalue weighted by atomic mass is 9.94. The number of nitrogens with one attached hydrogen (secondary N) is 1. The first-order chi connectivity index (χ1) is 14.5. The van der Waals surface area contributed by atoms with Gasteiger partial charge in [-0.1, -0.05) is 12.8 Å². The fourth-order valence-corrected chi connectivity index (χ4v) is 4.01. The number of β-amino-alcohol motifs (C(OH)–C–C–N with tert-alkyl or cyclic N) is 1. The summed E-state index contributed by atoms with van der Waals surface area (Å²) in [5, 5.41) is 42.6. The maximum Gasteiger partial charge on any atom is 0.225 e. The quantitative estimate of drug-likeness (QED) is 0.366. The molecule has 8 heteroatoms. The van der Waals surface area contributed by atoms with E-state index in [4.69, 9.17) is 4.42 Å². The summed E-state index contributed by atoms with van der Waals surface area (Å²) >= 11 is 0. The Morgan fingerprint density at radius 3 is 2.63 bits per heavy atom. The topological polar surface area (TPSA) is 122 Å². The van der Waals surface area contributed by atoms with E-state index in [2.05, 4.69) is 23.3 Å². The minimum atomic E-state index is -1.20. The Morgan fingerprint density at radius 1 is 1.13 bits per heavy atom. The Balaban J connectivity index is 1.34. The zero-order chi connectivity index (χ0) is 21.5. The van der Waals surface area contributed by atoms with Crippen LogP contribution >= 0.6 is 0 Å². The van der Waals surface area contributed by atoms with Gasteiger partial charge in [-0.05, 0) is 50.1 Å². The van der Waals surface area contributed by atoms with Crippen molar-refractivity contribution in [1.82, 2.24) is 9.88 Å². The zero-order valence-corrected chi connectivity index (χ0v) is 17.4. The fourth-order valence-electron chi connectivity index (χ4n) is 4.01. The summed E-state index contributed by atoms with van der Waals surface area (Å²) in [7, 11) is 0. The van der Waals surface area contributed by atoms with Gasteiger partial charge in [-0.2, -0.15) is 0 Å². The first kappa shape index (κ1) is 22.7. The van der Waals surface area contributed by atoms with Gasteiger partial charge in [-0.25, -0.2) is 4.98 Å². The molecule has 2 heterocycles. The lowest BCUT2D eigenvalue weighted by Gasteiger charge is -2.43. The number of piperidine rings is 1. The molecule has 0 radical (unpaired) electrons. The number of likely N-dealkylation sites (tertiary alicyclic amines) is 1. The van der Waals surface area contributed by atoms with E-state index in [-0.39, 0.29) is 13.2 Å². The van der Waals surface area contributed by atoms with E-state index in [1.165, 1.54) is 0 Å². The molecule has 30 heavy (non-hydrogen) atoms. The summed E-state index contributed by atoms with van der Waals surface area (Å²) in [6.07, 6.45) is 3.94. The molecule has 166 valence electrons. The molecule has 0 bridgehead atoms. The van der Waals surface area contributed by atoms with Crippen molar-refractivity contribution < 1.29 is 24.8 Å². The van der Waals surface area contributed by atoms with Crippen LogP contribution in [0.5, 0.6) is 0 Å². The molecule has 1 saturated heterocycles. The van der Waals surface area contributed by atoms with Gasteiger partial charge in [0.1, 0.15) is 18.5 Å². The average Bonchev–Trinajstić information content (AvgIpc) is 3.27. The predicted molar refractivity (Wildman–Crippen MR) is 114 cm³/mol. The van der Waals surface area contributed by atoms with E-state index in [1.807, 2.05) is 17.0 Å². The van der Waals surface area contributed by atoms with Crippen LogP contribution < -0.4 is 5.32 Å². The second-order valence-corrected chi connectivity index (χ2v) is 8.00. The lowest BCUT2D eigenvalue weighted by Crippen LogP contribution is -2.62. The molecule has 1 aliphatic heterocycles. The molecule has 0 saturated carbocycles. The normalized spacial score (nSPS) is 24.8. The molecule has 1 aromatic heterocycles. The molecule has 1 aliphatic rings. The van der Waals surface area contributed by atoms with Crippen LogP contribution in [-0.4, -0.2) is 80.9 Å².